The molecular formula is C52H50F2N12O2. The number of fused-ring (bicyclic) bond motifs is 6. The Labute approximate surface area is 391 Å². The molecule has 0 saturated carbocycles. The predicted molar refractivity (Wildman–Crippen MR) is 256 cm³/mol. The summed E-state index contributed by atoms with van der Waals surface area (Å²) in [5.74, 6) is 2.23. The summed E-state index contributed by atoms with van der Waals surface area (Å²) in [5.41, 5.74) is 14.1. The molecule has 0 aliphatic heterocycles. The Balaban J connectivity index is 0.000000149. The van der Waals surface area contributed by atoms with Crippen LogP contribution in [0.3, 0.4) is 0 Å². The Morgan fingerprint density at radius 3 is 1.44 bits per heavy atom. The summed E-state index contributed by atoms with van der Waals surface area (Å²) in [4.78, 5) is 26.8. The number of benzene rings is 2. The van der Waals surface area contributed by atoms with Gasteiger partial charge in [0.15, 0.2) is 22.9 Å². The Morgan fingerprint density at radius 2 is 1.03 bits per heavy atom. The van der Waals surface area contributed by atoms with Crippen molar-refractivity contribution in [3.63, 3.8) is 0 Å². The smallest absolute Gasteiger partial charge is 0.228 e. The van der Waals surface area contributed by atoms with Crippen LogP contribution in [0.2, 0.25) is 0 Å². The number of phenolic OH excluding ortho intramolecular Hbond substituents is 2. The average molecular weight is 913 g/mol. The van der Waals surface area contributed by atoms with Crippen LogP contribution in [0, 0.1) is 11.6 Å². The fourth-order valence-electron chi connectivity index (χ4n) is 10.3. The number of hydrogen-bond donors (Lipinski definition) is 4. The highest BCUT2D eigenvalue weighted by atomic mass is 19.1. The minimum Gasteiger partial charge on any atom is -0.507 e. The molecule has 0 unspecified atom stereocenters. The van der Waals surface area contributed by atoms with Gasteiger partial charge in [0, 0.05) is 57.9 Å². The molecule has 14 nitrogen and oxygen atoms in total. The lowest BCUT2D eigenvalue weighted by atomic mass is 9.88. The van der Waals surface area contributed by atoms with Crippen LogP contribution < -0.4 is 10.6 Å². The number of hydrogen-bond acceptors (Lipinski definition) is 12. The van der Waals surface area contributed by atoms with Gasteiger partial charge in [-0.15, -0.1) is 0 Å². The largest absolute Gasteiger partial charge is 0.507 e. The highest BCUT2D eigenvalue weighted by Gasteiger charge is 2.33. The zero-order valence-corrected chi connectivity index (χ0v) is 38.2. The van der Waals surface area contributed by atoms with Crippen LogP contribution >= 0.6 is 0 Å². The second-order valence-corrected chi connectivity index (χ2v) is 18.8. The fourth-order valence-corrected chi connectivity index (χ4v) is 10.3. The lowest BCUT2D eigenvalue weighted by Gasteiger charge is -2.26. The van der Waals surface area contributed by atoms with Crippen LogP contribution in [0.15, 0.2) is 96.9 Å². The number of anilines is 2. The maximum Gasteiger partial charge on any atom is 0.228 e. The predicted octanol–water partition coefficient (Wildman–Crippen LogP) is 10.3. The molecule has 4 aliphatic rings. The number of nitrogens with zero attached hydrogens (tertiary/aromatic N) is 10. The first kappa shape index (κ1) is 43.0. The summed E-state index contributed by atoms with van der Waals surface area (Å²) in [5, 5.41) is 37.3. The third kappa shape index (κ3) is 7.86. The molecule has 6 aromatic heterocycles. The molecule has 4 N–H and O–H groups in total. The SMILES string of the molecule is CC(C)c1cnn2c(N[C@@H]3CCC4=C(C3)c3c(O)cccc3C4)nc(-c3cncc(F)c3)nc12.CC(C)c1cnn2c(N[C@H]3CCC4=C(C3)c3c(O)cccc3C4)nc(-c3cncc(F)c3)nc12. The number of allylic oxidation sites excluding steroid dienone is 2. The van der Waals surface area contributed by atoms with Gasteiger partial charge in [0.05, 0.1) is 24.8 Å². The normalized spacial score (nSPS) is 17.4. The first-order valence-corrected chi connectivity index (χ1v) is 23.3. The Kier molecular flexibility index (Phi) is 10.9. The lowest BCUT2D eigenvalue weighted by molar-refractivity contribution is 0.472. The van der Waals surface area contributed by atoms with Gasteiger partial charge in [-0.05, 0) is 110 Å². The van der Waals surface area contributed by atoms with Crippen LogP contribution in [-0.4, -0.2) is 71.4 Å². The molecule has 0 fully saturated rings. The van der Waals surface area contributed by atoms with E-state index < -0.39 is 11.6 Å². The molecule has 2 aromatic carbocycles. The molecule has 4 aliphatic carbocycles. The number of halogens is 2. The third-order valence-electron chi connectivity index (χ3n) is 13.6. The van der Waals surface area contributed by atoms with Gasteiger partial charge in [-0.1, -0.05) is 63.1 Å². The van der Waals surface area contributed by atoms with Crippen molar-refractivity contribution < 1.29 is 19.0 Å². The van der Waals surface area contributed by atoms with E-state index in [0.717, 1.165) is 73.6 Å². The van der Waals surface area contributed by atoms with E-state index in [1.54, 1.807) is 33.6 Å². The standard InChI is InChI=1S/2C26H25FN6O/c2*1-14(2)21-13-29-33-25(21)31-24(17-9-18(27)12-28-11-17)32-26(33)30-19-7-6-15-8-16-4-3-5-22(34)23(16)20(15)10-19/h2*3-5,9,11-14,19,34H,6-8,10H2,1-2H3,(H,30,31,32)/t2*19-/m10/s1. The summed E-state index contributed by atoms with van der Waals surface area (Å²) in [7, 11) is 0. The highest BCUT2D eigenvalue weighted by molar-refractivity contribution is 5.82. The van der Waals surface area contributed by atoms with Crippen molar-refractivity contribution in [1.29, 1.82) is 0 Å². The molecule has 0 amide bonds. The fraction of sp³-hybridized carbons (Fsp3) is 0.308. The molecule has 12 rings (SSSR count). The minimum atomic E-state index is -0.431. The highest BCUT2D eigenvalue weighted by Crippen LogP contribution is 2.47. The lowest BCUT2D eigenvalue weighted by Crippen LogP contribution is -2.25. The van der Waals surface area contributed by atoms with Gasteiger partial charge in [-0.25, -0.2) is 18.7 Å². The number of pyridine rings is 2. The molecular weight excluding hydrogens is 863 g/mol. The van der Waals surface area contributed by atoms with Gasteiger partial charge in [-0.2, -0.15) is 29.2 Å². The van der Waals surface area contributed by atoms with E-state index in [-0.39, 0.29) is 23.9 Å². The molecule has 344 valence electrons. The van der Waals surface area contributed by atoms with Crippen molar-refractivity contribution in [3.8, 4) is 34.3 Å². The Hall–Kier alpha value is -7.62. The van der Waals surface area contributed by atoms with E-state index >= 15 is 0 Å². The molecule has 8 aromatic rings. The van der Waals surface area contributed by atoms with Crippen LogP contribution in [0.4, 0.5) is 20.7 Å². The molecule has 16 heteroatoms. The van der Waals surface area contributed by atoms with E-state index in [1.807, 2.05) is 24.5 Å². The van der Waals surface area contributed by atoms with Crippen molar-refractivity contribution in [2.24, 2.45) is 0 Å². The molecule has 0 bridgehead atoms. The second kappa shape index (κ2) is 17.2. The monoisotopic (exact) mass is 912 g/mol. The summed E-state index contributed by atoms with van der Waals surface area (Å²) in [6, 6.07) is 14.6. The van der Waals surface area contributed by atoms with Crippen LogP contribution in [0.25, 0.3) is 45.2 Å². The van der Waals surface area contributed by atoms with Crippen molar-refractivity contribution in [2.45, 2.75) is 103 Å². The molecule has 0 spiro atoms. The van der Waals surface area contributed by atoms with E-state index in [4.69, 9.17) is 19.9 Å². The van der Waals surface area contributed by atoms with Crippen molar-refractivity contribution in [2.75, 3.05) is 10.6 Å². The maximum absolute atomic E-state index is 13.9. The first-order valence-electron chi connectivity index (χ1n) is 23.3. The van der Waals surface area contributed by atoms with Crippen LogP contribution in [0.5, 0.6) is 11.5 Å². The second-order valence-electron chi connectivity index (χ2n) is 18.8. The summed E-state index contributed by atoms with van der Waals surface area (Å²) in [6.07, 6.45) is 16.4. The van der Waals surface area contributed by atoms with E-state index in [9.17, 15) is 19.0 Å². The van der Waals surface area contributed by atoms with Crippen LogP contribution in [0.1, 0.15) is 111 Å². The average Bonchev–Trinajstić information content (AvgIpc) is 4.13. The van der Waals surface area contributed by atoms with Gasteiger partial charge in [0.1, 0.15) is 23.1 Å². The third-order valence-corrected chi connectivity index (χ3v) is 13.6. The van der Waals surface area contributed by atoms with Gasteiger partial charge < -0.3 is 20.8 Å². The molecule has 0 saturated heterocycles. The summed E-state index contributed by atoms with van der Waals surface area (Å²) < 4.78 is 31.2. The number of aromatic nitrogens is 10. The van der Waals surface area contributed by atoms with Crippen molar-refractivity contribution >= 4 is 34.3 Å². The molecule has 68 heavy (non-hydrogen) atoms. The first-order chi connectivity index (χ1) is 32.9. The van der Waals surface area contributed by atoms with Crippen molar-refractivity contribution in [1.82, 2.24) is 49.1 Å². The number of rotatable bonds is 8. The van der Waals surface area contributed by atoms with Gasteiger partial charge >= 0.3 is 0 Å². The number of nitrogens with one attached hydrogen (secondary N) is 2. The number of phenols is 2. The molecule has 0 radical (unpaired) electrons. The topological polar surface area (TPSA) is 176 Å². The Morgan fingerprint density at radius 1 is 0.588 bits per heavy atom. The quantitative estimate of drug-likeness (QED) is 0.114. The van der Waals surface area contributed by atoms with Gasteiger partial charge in [0.25, 0.3) is 0 Å². The molecule has 2 atom stereocenters. The molecule has 6 heterocycles. The number of aromatic hydroxyl groups is 2. The van der Waals surface area contributed by atoms with Gasteiger partial charge in [-0.3, -0.25) is 9.97 Å². The van der Waals surface area contributed by atoms with E-state index in [1.165, 1.54) is 57.9 Å². The van der Waals surface area contributed by atoms with E-state index in [2.05, 4.69) is 70.6 Å². The van der Waals surface area contributed by atoms with Crippen LogP contribution in [-0.2, 0) is 12.8 Å². The van der Waals surface area contributed by atoms with Crippen molar-refractivity contribution in [3.05, 3.63) is 142 Å². The summed E-state index contributed by atoms with van der Waals surface area (Å²) >= 11 is 0. The minimum absolute atomic E-state index is 0.118. The zero-order chi connectivity index (χ0) is 46.8. The van der Waals surface area contributed by atoms with E-state index in [0.29, 0.717) is 57.5 Å². The maximum atomic E-state index is 13.9. The summed E-state index contributed by atoms with van der Waals surface area (Å²) in [6.45, 7) is 8.37. The van der Waals surface area contributed by atoms with Gasteiger partial charge in [0.2, 0.25) is 11.9 Å². The Bertz CT molecular complexity index is 3140. The zero-order valence-electron chi connectivity index (χ0n) is 38.2.